The molecule has 4 heteroatoms. The van der Waals surface area contributed by atoms with Crippen molar-refractivity contribution >= 4 is 17.3 Å². The largest absolute Gasteiger partial charge is 0.391 e. The summed E-state index contributed by atoms with van der Waals surface area (Å²) in [5.74, 6) is -2.25. The van der Waals surface area contributed by atoms with Gasteiger partial charge in [0.2, 0.25) is 0 Å². The Balaban J connectivity index is 3.34. The van der Waals surface area contributed by atoms with Crippen molar-refractivity contribution < 1.29 is 19.5 Å². The molecule has 4 nitrogen and oxygen atoms in total. The lowest BCUT2D eigenvalue weighted by atomic mass is 9.57. The van der Waals surface area contributed by atoms with Gasteiger partial charge in [0.1, 0.15) is 11.7 Å². The Hall–Kier alpha value is -1.03. The minimum atomic E-state index is -1.22. The molecule has 1 fully saturated rings. The SMILES string of the molecule is CC(=O)C1C(=O)C(C)(C)C(=O)C(C)(C)C1O. The maximum Gasteiger partial charge on any atom is 0.158 e. The van der Waals surface area contributed by atoms with Gasteiger partial charge in [-0.2, -0.15) is 0 Å². The van der Waals surface area contributed by atoms with Gasteiger partial charge in [-0.15, -0.1) is 0 Å². The fourth-order valence-corrected chi connectivity index (χ4v) is 2.41. The second-order valence-corrected chi connectivity index (χ2v) is 5.57. The predicted octanol–water partition coefficient (Wildman–Crippen LogP) is 0.757. The number of hydrogen-bond donors (Lipinski definition) is 1. The zero-order valence-electron chi connectivity index (χ0n) is 10.3. The molecule has 0 aliphatic heterocycles. The Morgan fingerprint density at radius 2 is 1.62 bits per heavy atom. The van der Waals surface area contributed by atoms with Gasteiger partial charge in [0.25, 0.3) is 0 Å². The van der Waals surface area contributed by atoms with Crippen molar-refractivity contribution in [3.8, 4) is 0 Å². The molecule has 1 N–H and O–H groups in total. The number of carbonyl (C=O) groups excluding carboxylic acids is 3. The molecule has 0 aromatic heterocycles. The third-order valence-corrected chi connectivity index (χ3v) is 3.54. The summed E-state index contributed by atoms with van der Waals surface area (Å²) in [6.07, 6.45) is -1.22. The van der Waals surface area contributed by atoms with Crippen LogP contribution in [0.3, 0.4) is 0 Å². The van der Waals surface area contributed by atoms with E-state index < -0.39 is 28.6 Å². The number of hydrogen-bond acceptors (Lipinski definition) is 4. The molecule has 2 unspecified atom stereocenters. The molecule has 0 bridgehead atoms. The Morgan fingerprint density at radius 3 is 2.00 bits per heavy atom. The van der Waals surface area contributed by atoms with E-state index in [0.29, 0.717) is 0 Å². The van der Waals surface area contributed by atoms with Crippen LogP contribution < -0.4 is 0 Å². The van der Waals surface area contributed by atoms with E-state index in [-0.39, 0.29) is 11.6 Å². The van der Waals surface area contributed by atoms with E-state index in [1.165, 1.54) is 20.8 Å². The fraction of sp³-hybridized carbons (Fsp3) is 0.750. The van der Waals surface area contributed by atoms with E-state index in [9.17, 15) is 19.5 Å². The summed E-state index contributed by atoms with van der Waals surface area (Å²) in [4.78, 5) is 35.5. The molecule has 1 aliphatic rings. The molecule has 0 radical (unpaired) electrons. The van der Waals surface area contributed by atoms with Gasteiger partial charge < -0.3 is 5.11 Å². The first-order valence-corrected chi connectivity index (χ1v) is 5.32. The zero-order chi connectivity index (χ0) is 12.9. The molecule has 90 valence electrons. The van der Waals surface area contributed by atoms with E-state index in [2.05, 4.69) is 0 Å². The van der Waals surface area contributed by atoms with Crippen molar-refractivity contribution in [2.45, 2.75) is 40.7 Å². The summed E-state index contributed by atoms with van der Waals surface area (Å²) in [6.45, 7) is 7.45. The summed E-state index contributed by atoms with van der Waals surface area (Å²) < 4.78 is 0. The molecule has 0 amide bonds. The van der Waals surface area contributed by atoms with Crippen molar-refractivity contribution in [1.82, 2.24) is 0 Å². The smallest absolute Gasteiger partial charge is 0.158 e. The van der Waals surface area contributed by atoms with Gasteiger partial charge in [-0.1, -0.05) is 13.8 Å². The molecule has 1 aliphatic carbocycles. The summed E-state index contributed by atoms with van der Waals surface area (Å²) in [7, 11) is 0. The van der Waals surface area contributed by atoms with E-state index in [1.54, 1.807) is 13.8 Å². The molecule has 1 saturated carbocycles. The molecular formula is C12H18O4. The number of carbonyl (C=O) groups is 3. The van der Waals surface area contributed by atoms with Crippen LogP contribution in [0, 0.1) is 16.7 Å². The van der Waals surface area contributed by atoms with E-state index in [1.807, 2.05) is 0 Å². The van der Waals surface area contributed by atoms with Crippen molar-refractivity contribution in [3.05, 3.63) is 0 Å². The maximum atomic E-state index is 12.1. The highest BCUT2D eigenvalue weighted by Crippen LogP contribution is 2.43. The Kier molecular flexibility index (Phi) is 2.84. The highest BCUT2D eigenvalue weighted by Gasteiger charge is 2.58. The molecule has 0 heterocycles. The number of ketones is 3. The monoisotopic (exact) mass is 226 g/mol. The molecule has 2 atom stereocenters. The molecule has 0 aromatic carbocycles. The van der Waals surface area contributed by atoms with Crippen molar-refractivity contribution in [2.24, 2.45) is 16.7 Å². The number of Topliss-reactive ketones (excluding diaryl/α,β-unsaturated/α-hetero) is 3. The zero-order valence-corrected chi connectivity index (χ0v) is 10.3. The van der Waals surface area contributed by atoms with Crippen LogP contribution in [0.25, 0.3) is 0 Å². The minimum absolute atomic E-state index is 0.310. The Morgan fingerprint density at radius 1 is 1.19 bits per heavy atom. The van der Waals surface area contributed by atoms with Gasteiger partial charge in [0, 0.05) is 0 Å². The highest BCUT2D eigenvalue weighted by atomic mass is 16.3. The number of rotatable bonds is 1. The summed E-state index contributed by atoms with van der Waals surface area (Å²) >= 11 is 0. The molecular weight excluding hydrogens is 208 g/mol. The van der Waals surface area contributed by atoms with Crippen LogP contribution >= 0.6 is 0 Å². The lowest BCUT2D eigenvalue weighted by Gasteiger charge is -2.44. The lowest BCUT2D eigenvalue weighted by Crippen LogP contribution is -2.61. The van der Waals surface area contributed by atoms with Gasteiger partial charge in [-0.3, -0.25) is 14.4 Å². The van der Waals surface area contributed by atoms with Crippen LogP contribution in [0.1, 0.15) is 34.6 Å². The van der Waals surface area contributed by atoms with Crippen LogP contribution in [-0.4, -0.2) is 28.6 Å². The van der Waals surface area contributed by atoms with Gasteiger partial charge in [0.05, 0.1) is 16.9 Å². The van der Waals surface area contributed by atoms with Gasteiger partial charge in [0.15, 0.2) is 11.6 Å². The number of aliphatic hydroxyl groups excluding tert-OH is 1. The summed E-state index contributed by atoms with van der Waals surface area (Å²) in [5.41, 5.74) is -2.26. The first kappa shape index (κ1) is 13.0. The van der Waals surface area contributed by atoms with Crippen LogP contribution in [0.15, 0.2) is 0 Å². The van der Waals surface area contributed by atoms with E-state index in [0.717, 1.165) is 0 Å². The van der Waals surface area contributed by atoms with E-state index >= 15 is 0 Å². The molecule has 0 saturated heterocycles. The van der Waals surface area contributed by atoms with Gasteiger partial charge in [-0.05, 0) is 20.8 Å². The third-order valence-electron chi connectivity index (χ3n) is 3.54. The van der Waals surface area contributed by atoms with Crippen LogP contribution in [0.4, 0.5) is 0 Å². The Labute approximate surface area is 95.0 Å². The van der Waals surface area contributed by atoms with Gasteiger partial charge in [-0.25, -0.2) is 0 Å². The first-order chi connectivity index (χ1) is 7.04. The quantitative estimate of drug-likeness (QED) is 0.670. The average Bonchev–Trinajstić information content (AvgIpc) is 2.14. The van der Waals surface area contributed by atoms with Crippen LogP contribution in [0.2, 0.25) is 0 Å². The van der Waals surface area contributed by atoms with Gasteiger partial charge >= 0.3 is 0 Å². The first-order valence-electron chi connectivity index (χ1n) is 5.32. The number of aliphatic hydroxyl groups is 1. The summed E-state index contributed by atoms with van der Waals surface area (Å²) in [5, 5.41) is 9.98. The predicted molar refractivity (Wildman–Crippen MR) is 57.8 cm³/mol. The van der Waals surface area contributed by atoms with Crippen molar-refractivity contribution in [1.29, 1.82) is 0 Å². The standard InChI is InChI=1S/C12H18O4/c1-6(13)7-8(14)11(2,3)10(16)12(4,5)9(7)15/h7-8,14H,1-5H3. The molecule has 0 spiro atoms. The van der Waals surface area contributed by atoms with Crippen molar-refractivity contribution in [2.75, 3.05) is 0 Å². The second kappa shape index (κ2) is 3.48. The fourth-order valence-electron chi connectivity index (χ4n) is 2.41. The van der Waals surface area contributed by atoms with Crippen molar-refractivity contribution in [3.63, 3.8) is 0 Å². The maximum absolute atomic E-state index is 12.1. The average molecular weight is 226 g/mol. The molecule has 1 rings (SSSR count). The normalized spacial score (nSPS) is 32.6. The topological polar surface area (TPSA) is 71.4 Å². The van der Waals surface area contributed by atoms with Crippen LogP contribution in [-0.2, 0) is 14.4 Å². The van der Waals surface area contributed by atoms with E-state index in [4.69, 9.17) is 0 Å². The summed E-state index contributed by atoms with van der Waals surface area (Å²) in [6, 6.07) is 0. The molecule has 16 heavy (non-hydrogen) atoms. The minimum Gasteiger partial charge on any atom is -0.391 e. The lowest BCUT2D eigenvalue weighted by molar-refractivity contribution is -0.166. The third kappa shape index (κ3) is 1.52. The molecule has 0 aromatic rings. The van der Waals surface area contributed by atoms with Crippen LogP contribution in [0.5, 0.6) is 0 Å². The Bertz CT molecular complexity index is 365. The highest BCUT2D eigenvalue weighted by molar-refractivity contribution is 6.18. The second-order valence-electron chi connectivity index (χ2n) is 5.57.